The van der Waals surface area contributed by atoms with E-state index < -0.39 is 0 Å². The number of carbonyl (C=O) groups excluding carboxylic acids is 1. The molecule has 0 unspecified atom stereocenters. The van der Waals surface area contributed by atoms with Crippen molar-refractivity contribution in [2.75, 3.05) is 44.7 Å². The van der Waals surface area contributed by atoms with Gasteiger partial charge in [-0.25, -0.2) is 0 Å². The molecular weight excluding hydrogens is 252 g/mol. The molecule has 0 saturated carbocycles. The lowest BCUT2D eigenvalue weighted by Crippen LogP contribution is -2.49. The van der Waals surface area contributed by atoms with Gasteiger partial charge in [0, 0.05) is 33.2 Å². The normalized spacial score (nSPS) is 14.8. The predicted molar refractivity (Wildman–Crippen MR) is 78.6 cm³/mol. The second-order valence-electron chi connectivity index (χ2n) is 5.07. The molecule has 0 radical (unpaired) electrons. The average molecular weight is 272 g/mol. The number of rotatable bonds is 3. The summed E-state index contributed by atoms with van der Waals surface area (Å²) in [4.78, 5) is 16.0. The van der Waals surface area contributed by atoms with Crippen LogP contribution in [0.3, 0.4) is 0 Å². The number of carbonyl (C=O) groups is 1. The van der Waals surface area contributed by atoms with Crippen LogP contribution in [0.25, 0.3) is 0 Å². The summed E-state index contributed by atoms with van der Waals surface area (Å²) in [5.74, 6) is 0.112. The Balaban J connectivity index is 2.10. The first-order valence-electron chi connectivity index (χ1n) is 6.83. The maximum Gasteiger partial charge on any atom is 0.242 e. The molecule has 1 fully saturated rings. The Morgan fingerprint density at radius 1 is 1.45 bits per heavy atom. The molecule has 1 aliphatic rings. The first-order chi connectivity index (χ1) is 9.63. The van der Waals surface area contributed by atoms with Crippen molar-refractivity contribution < 1.29 is 4.79 Å². The highest BCUT2D eigenvalue weighted by Gasteiger charge is 2.19. The maximum atomic E-state index is 12.3. The number of hydrogen-bond acceptors (Lipinski definition) is 4. The number of likely N-dealkylation sites (N-methyl/N-ethyl adjacent to an activating group) is 1. The van der Waals surface area contributed by atoms with Gasteiger partial charge < -0.3 is 15.1 Å². The van der Waals surface area contributed by atoms with Gasteiger partial charge in [0.05, 0.1) is 17.8 Å². The molecule has 0 atom stereocenters. The zero-order chi connectivity index (χ0) is 14.5. The molecule has 1 aromatic rings. The predicted octanol–water partition coefficient (Wildman–Crippen LogP) is 0.735. The van der Waals surface area contributed by atoms with E-state index in [-0.39, 0.29) is 5.91 Å². The quantitative estimate of drug-likeness (QED) is 0.881. The molecule has 106 valence electrons. The molecule has 5 nitrogen and oxygen atoms in total. The standard InChI is InChI=1S/C15H20N4O/c1-12-4-3-5-13(10-16)15(12)18(2)11-14(20)19-8-6-17-7-9-19/h3-5,17H,6-9,11H2,1-2H3. The monoisotopic (exact) mass is 272 g/mol. The molecule has 5 heteroatoms. The number of aryl methyl sites for hydroxylation is 1. The first-order valence-corrected chi connectivity index (χ1v) is 6.83. The summed E-state index contributed by atoms with van der Waals surface area (Å²) in [5.41, 5.74) is 2.47. The summed E-state index contributed by atoms with van der Waals surface area (Å²) in [6.45, 7) is 5.48. The molecule has 0 aliphatic carbocycles. The number of para-hydroxylation sites is 1. The van der Waals surface area contributed by atoms with Crippen molar-refractivity contribution >= 4 is 11.6 Å². The van der Waals surface area contributed by atoms with Crippen molar-refractivity contribution in [1.82, 2.24) is 10.2 Å². The Kier molecular flexibility index (Phi) is 4.59. The van der Waals surface area contributed by atoms with E-state index in [1.54, 1.807) is 6.07 Å². The first kappa shape index (κ1) is 14.4. The maximum absolute atomic E-state index is 12.3. The fraction of sp³-hybridized carbons (Fsp3) is 0.467. The summed E-state index contributed by atoms with van der Waals surface area (Å²) < 4.78 is 0. The van der Waals surface area contributed by atoms with Gasteiger partial charge in [-0.05, 0) is 18.6 Å². The van der Waals surface area contributed by atoms with Crippen LogP contribution in [0, 0.1) is 18.3 Å². The lowest BCUT2D eigenvalue weighted by atomic mass is 10.1. The van der Waals surface area contributed by atoms with E-state index >= 15 is 0 Å². The van der Waals surface area contributed by atoms with Crippen molar-refractivity contribution in [2.45, 2.75) is 6.92 Å². The van der Waals surface area contributed by atoms with Crippen LogP contribution in [0.5, 0.6) is 0 Å². The topological polar surface area (TPSA) is 59.4 Å². The van der Waals surface area contributed by atoms with Crippen molar-refractivity contribution in [3.05, 3.63) is 29.3 Å². The van der Waals surface area contributed by atoms with Gasteiger partial charge in [-0.15, -0.1) is 0 Å². The largest absolute Gasteiger partial charge is 0.364 e. The van der Waals surface area contributed by atoms with Gasteiger partial charge in [-0.1, -0.05) is 12.1 Å². The van der Waals surface area contributed by atoms with Crippen molar-refractivity contribution in [2.24, 2.45) is 0 Å². The fourth-order valence-corrected chi connectivity index (χ4v) is 2.55. The van der Waals surface area contributed by atoms with Gasteiger partial charge in [0.15, 0.2) is 0 Å². The Morgan fingerprint density at radius 3 is 2.80 bits per heavy atom. The van der Waals surface area contributed by atoms with Crippen molar-refractivity contribution in [3.63, 3.8) is 0 Å². The highest BCUT2D eigenvalue weighted by atomic mass is 16.2. The van der Waals surface area contributed by atoms with Crippen LogP contribution in [0.2, 0.25) is 0 Å². The van der Waals surface area contributed by atoms with Gasteiger partial charge in [0.1, 0.15) is 6.07 Å². The van der Waals surface area contributed by atoms with Crippen LogP contribution < -0.4 is 10.2 Å². The Hall–Kier alpha value is -2.06. The summed E-state index contributed by atoms with van der Waals surface area (Å²) >= 11 is 0. The van der Waals surface area contributed by atoms with Gasteiger partial charge in [0.25, 0.3) is 0 Å². The second kappa shape index (κ2) is 6.40. The van der Waals surface area contributed by atoms with E-state index in [1.165, 1.54) is 0 Å². The Bertz CT molecular complexity index is 529. The van der Waals surface area contributed by atoms with Crippen LogP contribution in [0.15, 0.2) is 18.2 Å². The molecule has 1 N–H and O–H groups in total. The van der Waals surface area contributed by atoms with E-state index in [4.69, 9.17) is 0 Å². The summed E-state index contributed by atoms with van der Waals surface area (Å²) in [7, 11) is 1.86. The highest BCUT2D eigenvalue weighted by molar-refractivity contribution is 5.82. The Labute approximate surface area is 119 Å². The molecule has 1 heterocycles. The van der Waals surface area contributed by atoms with Crippen molar-refractivity contribution in [3.8, 4) is 6.07 Å². The van der Waals surface area contributed by atoms with E-state index in [9.17, 15) is 10.1 Å². The molecule has 0 aromatic heterocycles. The van der Waals surface area contributed by atoms with E-state index in [2.05, 4.69) is 11.4 Å². The molecule has 1 amide bonds. The fourth-order valence-electron chi connectivity index (χ4n) is 2.55. The number of nitrogens with one attached hydrogen (secondary N) is 1. The molecule has 1 aromatic carbocycles. The third-order valence-corrected chi connectivity index (χ3v) is 3.58. The van der Waals surface area contributed by atoms with E-state index in [1.807, 2.05) is 35.9 Å². The third-order valence-electron chi connectivity index (χ3n) is 3.58. The van der Waals surface area contributed by atoms with Gasteiger partial charge in [0.2, 0.25) is 5.91 Å². The molecule has 20 heavy (non-hydrogen) atoms. The van der Waals surface area contributed by atoms with Crippen LogP contribution in [0.1, 0.15) is 11.1 Å². The molecular formula is C15H20N4O. The lowest BCUT2D eigenvalue weighted by Gasteiger charge is -2.30. The smallest absolute Gasteiger partial charge is 0.242 e. The number of nitrogens with zero attached hydrogens (tertiary/aromatic N) is 3. The van der Waals surface area contributed by atoms with Gasteiger partial charge >= 0.3 is 0 Å². The zero-order valence-corrected chi connectivity index (χ0v) is 12.0. The summed E-state index contributed by atoms with van der Waals surface area (Å²) in [6, 6.07) is 7.80. The molecule has 2 rings (SSSR count). The lowest BCUT2D eigenvalue weighted by molar-refractivity contribution is -0.130. The molecule has 0 bridgehead atoms. The minimum absolute atomic E-state index is 0.112. The van der Waals surface area contributed by atoms with Crippen molar-refractivity contribution in [1.29, 1.82) is 5.26 Å². The van der Waals surface area contributed by atoms with Crippen LogP contribution in [-0.2, 0) is 4.79 Å². The summed E-state index contributed by atoms with van der Waals surface area (Å²) in [6.07, 6.45) is 0. The third kappa shape index (κ3) is 3.09. The number of amides is 1. The van der Waals surface area contributed by atoms with Gasteiger partial charge in [-0.3, -0.25) is 4.79 Å². The number of piperazine rings is 1. The second-order valence-corrected chi connectivity index (χ2v) is 5.07. The number of hydrogen-bond donors (Lipinski definition) is 1. The number of nitriles is 1. The SMILES string of the molecule is Cc1cccc(C#N)c1N(C)CC(=O)N1CCNCC1. The summed E-state index contributed by atoms with van der Waals surface area (Å²) in [5, 5.41) is 12.4. The molecule has 0 spiro atoms. The van der Waals surface area contributed by atoms with E-state index in [0.29, 0.717) is 12.1 Å². The van der Waals surface area contributed by atoms with Gasteiger partial charge in [-0.2, -0.15) is 5.26 Å². The number of benzene rings is 1. The minimum atomic E-state index is 0.112. The zero-order valence-electron chi connectivity index (χ0n) is 12.0. The average Bonchev–Trinajstić information content (AvgIpc) is 2.47. The van der Waals surface area contributed by atoms with Crippen LogP contribution in [0.4, 0.5) is 5.69 Å². The highest BCUT2D eigenvalue weighted by Crippen LogP contribution is 2.23. The Morgan fingerprint density at radius 2 is 2.15 bits per heavy atom. The van der Waals surface area contributed by atoms with Crippen LogP contribution in [-0.4, -0.2) is 50.6 Å². The molecule has 1 saturated heterocycles. The minimum Gasteiger partial charge on any atom is -0.364 e. The van der Waals surface area contributed by atoms with E-state index in [0.717, 1.165) is 37.4 Å². The van der Waals surface area contributed by atoms with Crippen LogP contribution >= 0.6 is 0 Å². The molecule has 1 aliphatic heterocycles. The number of anilines is 1.